The standard InChI is InChI=1S/C14H12N4O/c1-19-14-6-5-12(8-15-14)11-3-2-4-13(7-11)18-9-16-17-10-18/h2-10H,1H3. The van der Waals surface area contributed by atoms with Crippen LogP contribution in [0, 0.1) is 0 Å². The number of pyridine rings is 1. The highest BCUT2D eigenvalue weighted by molar-refractivity contribution is 5.65. The van der Waals surface area contributed by atoms with E-state index in [4.69, 9.17) is 4.74 Å². The number of rotatable bonds is 3. The summed E-state index contributed by atoms with van der Waals surface area (Å²) in [5.41, 5.74) is 3.13. The highest BCUT2D eigenvalue weighted by Crippen LogP contribution is 2.22. The minimum Gasteiger partial charge on any atom is -0.481 e. The number of ether oxygens (including phenoxy) is 1. The molecule has 0 fully saturated rings. The van der Waals surface area contributed by atoms with Gasteiger partial charge in [-0.1, -0.05) is 12.1 Å². The molecule has 3 aromatic rings. The second-order valence-electron chi connectivity index (χ2n) is 4.01. The fourth-order valence-corrected chi connectivity index (χ4v) is 1.85. The van der Waals surface area contributed by atoms with Gasteiger partial charge in [0.25, 0.3) is 0 Å². The third-order valence-corrected chi connectivity index (χ3v) is 2.84. The molecular weight excluding hydrogens is 240 g/mol. The lowest BCUT2D eigenvalue weighted by molar-refractivity contribution is 0.398. The summed E-state index contributed by atoms with van der Waals surface area (Å²) in [6.07, 6.45) is 5.14. The fourth-order valence-electron chi connectivity index (χ4n) is 1.85. The summed E-state index contributed by atoms with van der Waals surface area (Å²) in [5, 5.41) is 7.62. The van der Waals surface area contributed by atoms with Gasteiger partial charge in [0.15, 0.2) is 0 Å². The summed E-state index contributed by atoms with van der Waals surface area (Å²) in [5.74, 6) is 0.610. The number of benzene rings is 1. The highest BCUT2D eigenvalue weighted by atomic mass is 16.5. The summed E-state index contributed by atoms with van der Waals surface area (Å²) >= 11 is 0. The molecule has 0 aliphatic heterocycles. The first-order valence-corrected chi connectivity index (χ1v) is 5.82. The minimum absolute atomic E-state index is 0.610. The molecule has 1 aromatic carbocycles. The van der Waals surface area contributed by atoms with Gasteiger partial charge in [-0.05, 0) is 23.8 Å². The van der Waals surface area contributed by atoms with Gasteiger partial charge >= 0.3 is 0 Å². The van der Waals surface area contributed by atoms with Crippen molar-refractivity contribution in [2.24, 2.45) is 0 Å². The molecule has 0 unspecified atom stereocenters. The average Bonchev–Trinajstić information content (AvgIpc) is 3.02. The molecule has 0 aliphatic carbocycles. The van der Waals surface area contributed by atoms with Crippen molar-refractivity contribution in [2.75, 3.05) is 7.11 Å². The molecule has 0 radical (unpaired) electrons. The predicted molar refractivity (Wildman–Crippen MR) is 71.1 cm³/mol. The van der Waals surface area contributed by atoms with E-state index in [-0.39, 0.29) is 0 Å². The zero-order valence-electron chi connectivity index (χ0n) is 10.4. The van der Waals surface area contributed by atoms with E-state index in [1.165, 1.54) is 0 Å². The normalized spacial score (nSPS) is 10.4. The molecule has 0 saturated carbocycles. The van der Waals surface area contributed by atoms with Crippen molar-refractivity contribution >= 4 is 0 Å². The van der Waals surface area contributed by atoms with Crippen LogP contribution in [0.15, 0.2) is 55.2 Å². The van der Waals surface area contributed by atoms with E-state index in [1.54, 1.807) is 26.0 Å². The predicted octanol–water partition coefficient (Wildman–Crippen LogP) is 2.34. The molecule has 3 rings (SSSR count). The van der Waals surface area contributed by atoms with Crippen molar-refractivity contribution in [2.45, 2.75) is 0 Å². The Morgan fingerprint density at radius 2 is 1.84 bits per heavy atom. The molecule has 0 spiro atoms. The van der Waals surface area contributed by atoms with Gasteiger partial charge in [0.2, 0.25) is 5.88 Å². The molecule has 0 N–H and O–H groups in total. The molecule has 94 valence electrons. The maximum absolute atomic E-state index is 5.06. The quantitative estimate of drug-likeness (QED) is 0.718. The van der Waals surface area contributed by atoms with Crippen molar-refractivity contribution in [3.8, 4) is 22.7 Å². The van der Waals surface area contributed by atoms with Crippen LogP contribution in [-0.2, 0) is 0 Å². The third-order valence-electron chi connectivity index (χ3n) is 2.84. The first kappa shape index (κ1) is 11.4. The summed E-state index contributed by atoms with van der Waals surface area (Å²) in [4.78, 5) is 4.21. The molecule has 2 aromatic heterocycles. The second kappa shape index (κ2) is 4.89. The Morgan fingerprint density at radius 1 is 1.00 bits per heavy atom. The van der Waals surface area contributed by atoms with Gasteiger partial charge < -0.3 is 4.74 Å². The lowest BCUT2D eigenvalue weighted by Gasteiger charge is -2.06. The first-order valence-electron chi connectivity index (χ1n) is 5.82. The van der Waals surface area contributed by atoms with Crippen molar-refractivity contribution in [3.05, 3.63) is 55.2 Å². The van der Waals surface area contributed by atoms with Crippen molar-refractivity contribution in [1.82, 2.24) is 19.7 Å². The van der Waals surface area contributed by atoms with E-state index in [0.717, 1.165) is 16.8 Å². The fraction of sp³-hybridized carbons (Fsp3) is 0.0714. The van der Waals surface area contributed by atoms with Crippen molar-refractivity contribution in [3.63, 3.8) is 0 Å². The Bertz CT molecular complexity index is 662. The van der Waals surface area contributed by atoms with Crippen LogP contribution in [0.2, 0.25) is 0 Å². The Balaban J connectivity index is 1.98. The van der Waals surface area contributed by atoms with Gasteiger partial charge in [-0.25, -0.2) is 4.98 Å². The smallest absolute Gasteiger partial charge is 0.212 e. The van der Waals surface area contributed by atoms with E-state index in [2.05, 4.69) is 21.2 Å². The maximum atomic E-state index is 5.06. The van der Waals surface area contributed by atoms with Crippen LogP contribution in [0.5, 0.6) is 5.88 Å². The Kier molecular flexibility index (Phi) is 2.94. The zero-order chi connectivity index (χ0) is 13.1. The van der Waals surface area contributed by atoms with Crippen molar-refractivity contribution < 1.29 is 4.74 Å². The largest absolute Gasteiger partial charge is 0.481 e. The van der Waals surface area contributed by atoms with Gasteiger partial charge in [-0.15, -0.1) is 10.2 Å². The molecule has 2 heterocycles. The third kappa shape index (κ3) is 2.30. The number of hydrogen-bond donors (Lipinski definition) is 0. The molecule has 0 bridgehead atoms. The monoisotopic (exact) mass is 252 g/mol. The first-order chi connectivity index (χ1) is 9.36. The van der Waals surface area contributed by atoms with Crippen LogP contribution in [0.4, 0.5) is 0 Å². The van der Waals surface area contributed by atoms with Crippen molar-refractivity contribution in [1.29, 1.82) is 0 Å². The molecule has 0 saturated heterocycles. The molecule has 0 atom stereocenters. The van der Waals surface area contributed by atoms with Crippen LogP contribution >= 0.6 is 0 Å². The average molecular weight is 252 g/mol. The van der Waals surface area contributed by atoms with Gasteiger partial charge in [0.1, 0.15) is 12.7 Å². The minimum atomic E-state index is 0.610. The van der Waals surface area contributed by atoms with E-state index in [9.17, 15) is 0 Å². The molecule has 5 nitrogen and oxygen atoms in total. The van der Waals surface area contributed by atoms with Crippen LogP contribution < -0.4 is 4.74 Å². The lowest BCUT2D eigenvalue weighted by Crippen LogP contribution is -1.91. The number of aromatic nitrogens is 4. The maximum Gasteiger partial charge on any atom is 0.212 e. The summed E-state index contributed by atoms with van der Waals surface area (Å²) < 4.78 is 6.92. The summed E-state index contributed by atoms with van der Waals surface area (Å²) in [6.45, 7) is 0. The zero-order valence-corrected chi connectivity index (χ0v) is 10.4. The van der Waals surface area contributed by atoms with Crippen LogP contribution in [0.25, 0.3) is 16.8 Å². The number of methoxy groups -OCH3 is 1. The molecule has 0 aliphatic rings. The lowest BCUT2D eigenvalue weighted by atomic mass is 10.1. The Morgan fingerprint density at radius 3 is 2.53 bits per heavy atom. The summed E-state index contributed by atoms with van der Waals surface area (Å²) in [6, 6.07) is 11.9. The van der Waals surface area contributed by atoms with E-state index < -0.39 is 0 Å². The number of nitrogens with zero attached hydrogens (tertiary/aromatic N) is 4. The topological polar surface area (TPSA) is 52.8 Å². The van der Waals surface area contributed by atoms with Crippen LogP contribution in [0.1, 0.15) is 0 Å². The Hall–Kier alpha value is -2.69. The molecule has 5 heteroatoms. The SMILES string of the molecule is COc1ccc(-c2cccc(-n3cnnc3)c2)cn1. The summed E-state index contributed by atoms with van der Waals surface area (Å²) in [7, 11) is 1.61. The molecular formula is C14H12N4O. The highest BCUT2D eigenvalue weighted by Gasteiger charge is 2.02. The molecule has 0 amide bonds. The van der Waals surface area contributed by atoms with Gasteiger partial charge in [-0.2, -0.15) is 0 Å². The van der Waals surface area contributed by atoms with Gasteiger partial charge in [0.05, 0.1) is 7.11 Å². The van der Waals surface area contributed by atoms with E-state index >= 15 is 0 Å². The van der Waals surface area contributed by atoms with E-state index in [0.29, 0.717) is 5.88 Å². The molecule has 19 heavy (non-hydrogen) atoms. The Labute approximate surface area is 110 Å². The van der Waals surface area contributed by atoms with Gasteiger partial charge in [-0.3, -0.25) is 4.57 Å². The van der Waals surface area contributed by atoms with Crippen LogP contribution in [0.3, 0.4) is 0 Å². The number of hydrogen-bond acceptors (Lipinski definition) is 4. The van der Waals surface area contributed by atoms with Crippen LogP contribution in [-0.4, -0.2) is 26.9 Å². The van der Waals surface area contributed by atoms with E-state index in [1.807, 2.05) is 34.9 Å². The van der Waals surface area contributed by atoms with Gasteiger partial charge in [0, 0.05) is 23.5 Å². The second-order valence-corrected chi connectivity index (χ2v) is 4.01.